The number of halogens is 3. The van der Waals surface area contributed by atoms with Gasteiger partial charge in [0.2, 0.25) is 12.3 Å². The lowest BCUT2D eigenvalue weighted by Crippen LogP contribution is -2.47. The first-order chi connectivity index (χ1) is 21.9. The second-order valence-corrected chi connectivity index (χ2v) is 14.7. The SMILES string of the molecule is CN(COP(OC(C)(C)C)OC(C)(C)C)c1cccc(C(F)(F)F)c1N(C=O)C1CCN(C(=O)Cc2ccc3ncccc3c2)CC1. The Balaban J connectivity index is 1.51. The van der Waals surface area contributed by atoms with E-state index in [4.69, 9.17) is 13.6 Å². The van der Waals surface area contributed by atoms with Crippen molar-refractivity contribution in [3.8, 4) is 0 Å². The number of alkyl halides is 3. The molecule has 1 fully saturated rings. The van der Waals surface area contributed by atoms with Gasteiger partial charge in [-0.1, -0.05) is 18.2 Å². The molecule has 2 heterocycles. The number of pyridine rings is 1. The Bertz CT molecular complexity index is 1520. The molecule has 13 heteroatoms. The van der Waals surface area contributed by atoms with Crippen LogP contribution in [-0.2, 0) is 35.8 Å². The van der Waals surface area contributed by atoms with Crippen molar-refractivity contribution in [2.24, 2.45) is 0 Å². The van der Waals surface area contributed by atoms with E-state index in [0.29, 0.717) is 32.3 Å². The third kappa shape index (κ3) is 10.1. The fourth-order valence-electron chi connectivity index (χ4n) is 5.30. The number of piperidine rings is 1. The standard InChI is InChI=1S/C34H44F3N4O5P/c1-32(2,3)45-47(46-33(4,5)6)44-23-39(7)29-12-8-11-27(34(35,36)37)31(29)41(22-42)26-15-18-40(19-16-26)30(43)21-24-13-14-28-25(20-24)10-9-17-38-28/h8-14,17,20,22,26H,15-16,18-19,21,23H2,1-7H3. The van der Waals surface area contributed by atoms with Gasteiger partial charge in [0.05, 0.1) is 40.1 Å². The number of carbonyl (C=O) groups excluding carboxylic acids is 2. The Morgan fingerprint density at radius 1 is 1.00 bits per heavy atom. The van der Waals surface area contributed by atoms with E-state index in [9.17, 15) is 22.8 Å². The molecule has 0 saturated carbocycles. The van der Waals surface area contributed by atoms with E-state index in [1.807, 2.05) is 71.9 Å². The van der Waals surface area contributed by atoms with Crippen LogP contribution in [0, 0.1) is 0 Å². The minimum absolute atomic E-state index is 0.0796. The molecular weight excluding hydrogens is 632 g/mol. The van der Waals surface area contributed by atoms with E-state index in [-0.39, 0.29) is 30.4 Å². The van der Waals surface area contributed by atoms with Crippen LogP contribution in [0.25, 0.3) is 10.9 Å². The molecule has 0 unspecified atom stereocenters. The summed E-state index contributed by atoms with van der Waals surface area (Å²) in [6.45, 7) is 11.6. The average Bonchev–Trinajstić information content (AvgIpc) is 2.98. The first kappa shape index (κ1) is 36.5. The summed E-state index contributed by atoms with van der Waals surface area (Å²) < 4.78 is 61.2. The quantitative estimate of drug-likeness (QED) is 0.117. The van der Waals surface area contributed by atoms with E-state index in [2.05, 4.69) is 4.98 Å². The topological polar surface area (TPSA) is 84.4 Å². The molecule has 1 aliphatic rings. The van der Waals surface area contributed by atoms with Gasteiger partial charge in [0, 0.05) is 37.8 Å². The molecule has 0 spiro atoms. The van der Waals surface area contributed by atoms with Crippen molar-refractivity contribution in [1.82, 2.24) is 9.88 Å². The molecule has 2 amide bonds. The van der Waals surface area contributed by atoms with Crippen LogP contribution in [0.15, 0.2) is 54.7 Å². The molecule has 256 valence electrons. The van der Waals surface area contributed by atoms with Gasteiger partial charge in [-0.05, 0) is 90.3 Å². The summed E-state index contributed by atoms with van der Waals surface area (Å²) in [7, 11) is -0.266. The molecule has 0 aliphatic carbocycles. The van der Waals surface area contributed by atoms with E-state index >= 15 is 0 Å². The molecule has 0 radical (unpaired) electrons. The van der Waals surface area contributed by atoms with Crippen LogP contribution in [-0.4, -0.2) is 66.3 Å². The molecule has 0 bridgehead atoms. The van der Waals surface area contributed by atoms with Crippen molar-refractivity contribution in [2.75, 3.05) is 36.7 Å². The molecule has 0 N–H and O–H groups in total. The molecule has 1 saturated heterocycles. The Hall–Kier alpha value is -3.31. The van der Waals surface area contributed by atoms with Gasteiger partial charge in [-0.3, -0.25) is 19.1 Å². The van der Waals surface area contributed by atoms with Gasteiger partial charge >= 0.3 is 14.8 Å². The van der Waals surface area contributed by atoms with Gasteiger partial charge in [-0.15, -0.1) is 0 Å². The van der Waals surface area contributed by atoms with E-state index in [0.717, 1.165) is 27.4 Å². The van der Waals surface area contributed by atoms with Gasteiger partial charge < -0.3 is 23.7 Å². The first-order valence-electron chi connectivity index (χ1n) is 15.5. The number of para-hydroxylation sites is 1. The summed E-state index contributed by atoms with van der Waals surface area (Å²) in [5.74, 6) is -0.0796. The van der Waals surface area contributed by atoms with Crippen LogP contribution in [0.3, 0.4) is 0 Å². The van der Waals surface area contributed by atoms with Crippen molar-refractivity contribution < 1.29 is 36.3 Å². The molecule has 2 aromatic carbocycles. The Morgan fingerprint density at radius 3 is 2.26 bits per heavy atom. The number of aromatic nitrogens is 1. The van der Waals surface area contributed by atoms with Crippen molar-refractivity contribution >= 4 is 43.2 Å². The zero-order valence-corrected chi connectivity index (χ0v) is 28.9. The Morgan fingerprint density at radius 2 is 1.66 bits per heavy atom. The zero-order chi connectivity index (χ0) is 34.6. The number of rotatable bonds is 11. The van der Waals surface area contributed by atoms with Crippen LogP contribution >= 0.6 is 8.60 Å². The number of benzene rings is 2. The van der Waals surface area contributed by atoms with Crippen molar-refractivity contribution in [3.05, 3.63) is 65.9 Å². The van der Waals surface area contributed by atoms with Crippen LogP contribution in [0.2, 0.25) is 0 Å². The molecule has 1 aromatic heterocycles. The van der Waals surface area contributed by atoms with Gasteiger partial charge in [0.1, 0.15) is 6.73 Å². The lowest BCUT2D eigenvalue weighted by molar-refractivity contribution is -0.137. The minimum atomic E-state index is -4.72. The maximum Gasteiger partial charge on any atom is 0.418 e. The molecule has 47 heavy (non-hydrogen) atoms. The molecule has 1 aliphatic heterocycles. The summed E-state index contributed by atoms with van der Waals surface area (Å²) >= 11 is 0. The van der Waals surface area contributed by atoms with E-state index in [1.54, 1.807) is 18.1 Å². The van der Waals surface area contributed by atoms with Crippen LogP contribution < -0.4 is 9.80 Å². The number of nitrogens with zero attached hydrogens (tertiary/aromatic N) is 4. The van der Waals surface area contributed by atoms with E-state index < -0.39 is 37.6 Å². The molecule has 3 aromatic rings. The minimum Gasteiger partial charge on any atom is -0.350 e. The molecule has 4 rings (SSSR count). The highest BCUT2D eigenvalue weighted by atomic mass is 31.2. The number of amides is 2. The number of carbonyl (C=O) groups is 2. The normalized spacial score (nSPS) is 14.9. The second kappa shape index (κ2) is 14.8. The Kier molecular flexibility index (Phi) is 11.5. The summed E-state index contributed by atoms with van der Waals surface area (Å²) in [6, 6.07) is 12.7. The summed E-state index contributed by atoms with van der Waals surface area (Å²) in [4.78, 5) is 34.5. The highest BCUT2D eigenvalue weighted by molar-refractivity contribution is 7.41. The second-order valence-electron chi connectivity index (χ2n) is 13.6. The fourth-order valence-corrected chi connectivity index (χ4v) is 6.60. The molecule has 9 nitrogen and oxygen atoms in total. The first-order valence-corrected chi connectivity index (χ1v) is 16.6. The van der Waals surface area contributed by atoms with Gasteiger partial charge in [-0.25, -0.2) is 0 Å². The number of hydrogen-bond donors (Lipinski definition) is 0. The fraction of sp³-hybridized carbons (Fsp3) is 0.500. The smallest absolute Gasteiger partial charge is 0.350 e. The predicted molar refractivity (Wildman–Crippen MR) is 178 cm³/mol. The number of likely N-dealkylation sites (tertiary alicyclic amines) is 1. The van der Waals surface area contributed by atoms with Gasteiger partial charge in [-0.2, -0.15) is 13.2 Å². The summed E-state index contributed by atoms with van der Waals surface area (Å²) in [5.41, 5.74) is -0.511. The van der Waals surface area contributed by atoms with Gasteiger partial charge in [0.15, 0.2) is 0 Å². The molecular formula is C34H44F3N4O5P. The third-order valence-corrected chi connectivity index (χ3v) is 9.11. The largest absolute Gasteiger partial charge is 0.418 e. The maximum absolute atomic E-state index is 14.4. The van der Waals surface area contributed by atoms with Crippen LogP contribution in [0.5, 0.6) is 0 Å². The lowest BCUT2D eigenvalue weighted by atomic mass is 9.99. The summed E-state index contributed by atoms with van der Waals surface area (Å²) in [5, 5.41) is 0.938. The zero-order valence-electron chi connectivity index (χ0n) is 28.0. The van der Waals surface area contributed by atoms with Crippen molar-refractivity contribution in [1.29, 1.82) is 0 Å². The van der Waals surface area contributed by atoms with Gasteiger partial charge in [0.25, 0.3) is 0 Å². The highest BCUT2D eigenvalue weighted by Crippen LogP contribution is 2.48. The third-order valence-electron chi connectivity index (χ3n) is 7.39. The van der Waals surface area contributed by atoms with E-state index in [1.165, 1.54) is 17.0 Å². The monoisotopic (exact) mass is 676 g/mol. The predicted octanol–water partition coefficient (Wildman–Crippen LogP) is 7.72. The average molecular weight is 677 g/mol. The number of anilines is 2. The highest BCUT2D eigenvalue weighted by Gasteiger charge is 2.39. The summed E-state index contributed by atoms with van der Waals surface area (Å²) in [6.07, 6.45) is -1.72. The number of hydrogen-bond acceptors (Lipinski definition) is 7. The van der Waals surface area contributed by atoms with Crippen LogP contribution in [0.1, 0.15) is 65.5 Å². The number of fused-ring (bicyclic) bond motifs is 1. The van der Waals surface area contributed by atoms with Crippen LogP contribution in [0.4, 0.5) is 24.5 Å². The Labute approximate surface area is 276 Å². The maximum atomic E-state index is 14.4. The van der Waals surface area contributed by atoms with Crippen molar-refractivity contribution in [3.63, 3.8) is 0 Å². The lowest BCUT2D eigenvalue weighted by Gasteiger charge is -2.39. The molecule has 0 atom stereocenters. The van der Waals surface area contributed by atoms with Crippen molar-refractivity contribution in [2.45, 2.75) is 84.2 Å².